The van der Waals surface area contributed by atoms with E-state index in [2.05, 4.69) is 27.3 Å². The van der Waals surface area contributed by atoms with Gasteiger partial charge in [0.1, 0.15) is 0 Å². The van der Waals surface area contributed by atoms with E-state index in [1.54, 1.807) is 0 Å². The van der Waals surface area contributed by atoms with Crippen LogP contribution >= 0.6 is 12.4 Å². The van der Waals surface area contributed by atoms with Crippen LogP contribution in [0.2, 0.25) is 0 Å². The lowest BCUT2D eigenvalue weighted by atomic mass is 9.87. The Kier molecular flexibility index (Phi) is 5.69. The second kappa shape index (κ2) is 7.15. The minimum absolute atomic E-state index is 0. The second-order valence-electron chi connectivity index (χ2n) is 7.14. The summed E-state index contributed by atoms with van der Waals surface area (Å²) in [7, 11) is 3.88. The van der Waals surface area contributed by atoms with Crippen molar-refractivity contribution in [3.8, 4) is 0 Å². The molecule has 2 aliphatic heterocycles. The lowest BCUT2D eigenvalue weighted by Gasteiger charge is -2.36. The van der Waals surface area contributed by atoms with Crippen LogP contribution in [0.3, 0.4) is 0 Å². The van der Waals surface area contributed by atoms with Crippen LogP contribution in [0.1, 0.15) is 38.0 Å². The van der Waals surface area contributed by atoms with E-state index in [0.717, 1.165) is 31.9 Å². The van der Waals surface area contributed by atoms with Crippen molar-refractivity contribution in [1.29, 1.82) is 0 Å². The molecule has 0 aromatic carbocycles. The maximum absolute atomic E-state index is 5.47. The molecule has 0 saturated carbocycles. The molecule has 3 rings (SSSR count). The van der Waals surface area contributed by atoms with E-state index in [9.17, 15) is 0 Å². The lowest BCUT2D eigenvalue weighted by molar-refractivity contribution is 0.131. The zero-order valence-corrected chi connectivity index (χ0v) is 14.7. The summed E-state index contributed by atoms with van der Waals surface area (Å²) in [6.07, 6.45) is 3.65. The van der Waals surface area contributed by atoms with Crippen LogP contribution in [-0.2, 0) is 0 Å². The maximum Gasteiger partial charge on any atom is 0.265 e. The van der Waals surface area contributed by atoms with E-state index in [4.69, 9.17) is 4.52 Å². The van der Waals surface area contributed by atoms with Gasteiger partial charge in [0.2, 0.25) is 5.89 Å². The van der Waals surface area contributed by atoms with Gasteiger partial charge in [0.15, 0.2) is 0 Å². The fraction of sp³-hybridized carbons (Fsp3) is 0.867. The Labute approximate surface area is 139 Å². The van der Waals surface area contributed by atoms with Crippen LogP contribution in [0.4, 0.5) is 5.95 Å². The van der Waals surface area contributed by atoms with Crippen molar-refractivity contribution in [2.75, 3.05) is 51.7 Å². The van der Waals surface area contributed by atoms with E-state index in [1.807, 2.05) is 19.0 Å². The fourth-order valence-corrected chi connectivity index (χ4v) is 3.52. The van der Waals surface area contributed by atoms with Crippen molar-refractivity contribution < 1.29 is 4.52 Å². The van der Waals surface area contributed by atoms with Crippen molar-refractivity contribution in [2.45, 2.75) is 32.1 Å². The van der Waals surface area contributed by atoms with Gasteiger partial charge in [-0.25, -0.2) is 0 Å². The lowest BCUT2D eigenvalue weighted by Crippen LogP contribution is -2.42. The SMILES string of the molecule is CN(C)c1noc(C2CCCN(CC3(C)CCNC3)C2)n1.Cl. The normalized spacial score (nSPS) is 29.3. The summed E-state index contributed by atoms with van der Waals surface area (Å²) in [5.74, 6) is 1.87. The van der Waals surface area contributed by atoms with Gasteiger partial charge in [-0.3, -0.25) is 0 Å². The van der Waals surface area contributed by atoms with Gasteiger partial charge < -0.3 is 19.6 Å². The van der Waals surface area contributed by atoms with Crippen molar-refractivity contribution in [3.05, 3.63) is 5.89 Å². The number of likely N-dealkylation sites (tertiary alicyclic amines) is 1. The molecule has 0 bridgehead atoms. The third-order valence-electron chi connectivity index (χ3n) is 4.75. The predicted molar refractivity (Wildman–Crippen MR) is 89.9 cm³/mol. The van der Waals surface area contributed by atoms with Crippen molar-refractivity contribution in [2.24, 2.45) is 5.41 Å². The first-order valence-corrected chi connectivity index (χ1v) is 8.00. The molecule has 22 heavy (non-hydrogen) atoms. The van der Waals surface area contributed by atoms with Gasteiger partial charge in [0.05, 0.1) is 5.92 Å². The van der Waals surface area contributed by atoms with Gasteiger partial charge in [0.25, 0.3) is 5.95 Å². The first-order chi connectivity index (χ1) is 10.1. The van der Waals surface area contributed by atoms with E-state index >= 15 is 0 Å². The Hall–Kier alpha value is -0.850. The zero-order valence-electron chi connectivity index (χ0n) is 13.8. The van der Waals surface area contributed by atoms with E-state index in [1.165, 1.54) is 25.9 Å². The molecule has 0 spiro atoms. The number of nitrogens with zero attached hydrogens (tertiary/aromatic N) is 4. The second-order valence-corrected chi connectivity index (χ2v) is 7.14. The molecule has 1 N–H and O–H groups in total. The Morgan fingerprint density at radius 2 is 2.27 bits per heavy atom. The molecule has 1 aromatic rings. The Bertz CT molecular complexity index is 472. The van der Waals surface area contributed by atoms with E-state index < -0.39 is 0 Å². The standard InChI is InChI=1S/C15H27N5O.ClH/c1-15(6-7-16-10-15)11-20-8-4-5-12(9-20)13-17-14(18-21-13)19(2)3;/h12,16H,4-11H2,1-3H3;1H. The summed E-state index contributed by atoms with van der Waals surface area (Å²) in [6, 6.07) is 0. The zero-order chi connectivity index (χ0) is 14.9. The number of hydrogen-bond donors (Lipinski definition) is 1. The number of rotatable bonds is 4. The van der Waals surface area contributed by atoms with Gasteiger partial charge in [-0.05, 0) is 42.9 Å². The average molecular weight is 330 g/mol. The molecule has 2 unspecified atom stereocenters. The first-order valence-electron chi connectivity index (χ1n) is 8.00. The van der Waals surface area contributed by atoms with Crippen molar-refractivity contribution >= 4 is 18.4 Å². The number of nitrogens with one attached hydrogen (secondary N) is 1. The highest BCUT2D eigenvalue weighted by molar-refractivity contribution is 5.85. The monoisotopic (exact) mass is 329 g/mol. The number of hydrogen-bond acceptors (Lipinski definition) is 6. The summed E-state index contributed by atoms with van der Waals surface area (Å²) in [6.45, 7) is 8.10. The highest BCUT2D eigenvalue weighted by Crippen LogP contribution is 2.31. The van der Waals surface area contributed by atoms with Crippen LogP contribution in [0.15, 0.2) is 4.52 Å². The van der Waals surface area contributed by atoms with Gasteiger partial charge >= 0.3 is 0 Å². The van der Waals surface area contributed by atoms with Crippen LogP contribution < -0.4 is 10.2 Å². The largest absolute Gasteiger partial charge is 0.344 e. The minimum atomic E-state index is 0. The maximum atomic E-state index is 5.47. The predicted octanol–water partition coefficient (Wildman–Crippen LogP) is 1.74. The number of halogens is 1. The molecule has 0 amide bonds. The van der Waals surface area contributed by atoms with Crippen molar-refractivity contribution in [1.82, 2.24) is 20.4 Å². The quantitative estimate of drug-likeness (QED) is 0.908. The highest BCUT2D eigenvalue weighted by Gasteiger charge is 2.33. The van der Waals surface area contributed by atoms with E-state index in [0.29, 0.717) is 17.3 Å². The Morgan fingerprint density at radius 3 is 2.91 bits per heavy atom. The molecule has 0 aliphatic carbocycles. The van der Waals surface area contributed by atoms with Gasteiger partial charge in [-0.1, -0.05) is 6.92 Å². The number of piperidine rings is 1. The molecular weight excluding hydrogens is 302 g/mol. The Morgan fingerprint density at radius 1 is 1.45 bits per heavy atom. The summed E-state index contributed by atoms with van der Waals surface area (Å²) in [4.78, 5) is 9.00. The van der Waals surface area contributed by atoms with Gasteiger partial charge in [-0.2, -0.15) is 4.98 Å². The molecule has 6 nitrogen and oxygen atoms in total. The topological polar surface area (TPSA) is 57.4 Å². The minimum Gasteiger partial charge on any atom is -0.344 e. The summed E-state index contributed by atoms with van der Waals surface area (Å²) < 4.78 is 5.47. The molecule has 0 radical (unpaired) electrons. The summed E-state index contributed by atoms with van der Waals surface area (Å²) in [5, 5.41) is 7.53. The first kappa shape index (κ1) is 17.5. The fourth-order valence-electron chi connectivity index (χ4n) is 3.52. The molecule has 2 aliphatic rings. The molecule has 7 heteroatoms. The smallest absolute Gasteiger partial charge is 0.265 e. The molecular formula is C15H28ClN5O. The Balaban J connectivity index is 0.00000176. The molecule has 2 saturated heterocycles. The van der Waals surface area contributed by atoms with Gasteiger partial charge in [-0.15, -0.1) is 12.4 Å². The summed E-state index contributed by atoms with van der Waals surface area (Å²) in [5.41, 5.74) is 0.422. The molecule has 2 atom stereocenters. The average Bonchev–Trinajstić information content (AvgIpc) is 3.08. The third kappa shape index (κ3) is 3.91. The van der Waals surface area contributed by atoms with E-state index in [-0.39, 0.29) is 12.4 Å². The van der Waals surface area contributed by atoms with Gasteiger partial charge in [0, 0.05) is 33.7 Å². The van der Waals surface area contributed by atoms with Crippen LogP contribution in [-0.4, -0.2) is 61.9 Å². The number of aromatic nitrogens is 2. The van der Waals surface area contributed by atoms with Crippen molar-refractivity contribution in [3.63, 3.8) is 0 Å². The molecule has 126 valence electrons. The molecule has 3 heterocycles. The summed E-state index contributed by atoms with van der Waals surface area (Å²) >= 11 is 0. The van der Waals surface area contributed by atoms with Crippen LogP contribution in [0.25, 0.3) is 0 Å². The number of anilines is 1. The highest BCUT2D eigenvalue weighted by atomic mass is 35.5. The van der Waals surface area contributed by atoms with Crippen LogP contribution in [0, 0.1) is 5.41 Å². The third-order valence-corrected chi connectivity index (χ3v) is 4.75. The van der Waals surface area contributed by atoms with Crippen LogP contribution in [0.5, 0.6) is 0 Å². The molecule has 2 fully saturated rings. The molecule has 1 aromatic heterocycles.